The summed E-state index contributed by atoms with van der Waals surface area (Å²) in [4.78, 5) is 4.16. The zero-order chi connectivity index (χ0) is 14.4. The monoisotopic (exact) mass is 288 g/mol. The van der Waals surface area contributed by atoms with Gasteiger partial charge in [0.2, 0.25) is 5.88 Å². The maximum atomic E-state index is 13.1. The predicted octanol–water partition coefficient (Wildman–Crippen LogP) is 4.17. The third-order valence-electron chi connectivity index (χ3n) is 3.36. The highest BCUT2D eigenvalue weighted by Gasteiger charge is 2.29. The van der Waals surface area contributed by atoms with E-state index in [9.17, 15) is 8.78 Å². The standard InChI is InChI=1S/C15H10F2N2O2/c16-9-5-10(17)7-11(6-9)20-13-4-3-12-14(8-1-2-8)19-21-15(12)18-13/h3-8H,1-2H2. The maximum absolute atomic E-state index is 13.1. The van der Waals surface area contributed by atoms with Crippen LogP contribution in [-0.4, -0.2) is 10.1 Å². The molecule has 1 saturated carbocycles. The van der Waals surface area contributed by atoms with Crippen LogP contribution in [0.1, 0.15) is 24.5 Å². The minimum atomic E-state index is -0.707. The van der Waals surface area contributed by atoms with Gasteiger partial charge < -0.3 is 9.26 Å². The zero-order valence-corrected chi connectivity index (χ0v) is 10.8. The summed E-state index contributed by atoms with van der Waals surface area (Å²) in [6.07, 6.45) is 2.23. The Morgan fingerprint density at radius 3 is 2.57 bits per heavy atom. The molecule has 4 rings (SSSR count). The Balaban J connectivity index is 1.67. The first-order valence-electron chi connectivity index (χ1n) is 6.59. The summed E-state index contributed by atoms with van der Waals surface area (Å²) < 4.78 is 36.8. The summed E-state index contributed by atoms with van der Waals surface area (Å²) in [5.74, 6) is -0.715. The lowest BCUT2D eigenvalue weighted by Crippen LogP contribution is -1.90. The number of halogens is 2. The van der Waals surface area contributed by atoms with Crippen molar-refractivity contribution in [2.24, 2.45) is 0 Å². The average molecular weight is 288 g/mol. The Labute approximate surface area is 118 Å². The van der Waals surface area contributed by atoms with Gasteiger partial charge in [0.25, 0.3) is 5.71 Å². The summed E-state index contributed by atoms with van der Waals surface area (Å²) in [6, 6.07) is 6.39. The number of rotatable bonds is 3. The Morgan fingerprint density at radius 2 is 1.86 bits per heavy atom. The van der Waals surface area contributed by atoms with Gasteiger partial charge in [-0.15, -0.1) is 0 Å². The second-order valence-electron chi connectivity index (χ2n) is 5.05. The molecule has 0 amide bonds. The van der Waals surface area contributed by atoms with Crippen molar-refractivity contribution in [2.75, 3.05) is 0 Å². The molecule has 0 aliphatic heterocycles. The van der Waals surface area contributed by atoms with Crippen molar-refractivity contribution < 1.29 is 18.0 Å². The topological polar surface area (TPSA) is 48.2 Å². The minimum absolute atomic E-state index is 0.0429. The lowest BCUT2D eigenvalue weighted by molar-refractivity contribution is 0.423. The fraction of sp³-hybridized carbons (Fsp3) is 0.200. The first-order chi connectivity index (χ1) is 10.2. The second kappa shape index (κ2) is 4.51. The van der Waals surface area contributed by atoms with Crippen molar-refractivity contribution >= 4 is 11.1 Å². The molecule has 1 aliphatic carbocycles. The van der Waals surface area contributed by atoms with E-state index in [0.29, 0.717) is 11.6 Å². The molecule has 2 aromatic heterocycles. The van der Waals surface area contributed by atoms with Gasteiger partial charge >= 0.3 is 0 Å². The van der Waals surface area contributed by atoms with Crippen LogP contribution in [0.5, 0.6) is 11.6 Å². The van der Waals surface area contributed by atoms with Crippen LogP contribution >= 0.6 is 0 Å². The first kappa shape index (κ1) is 12.3. The number of pyridine rings is 1. The van der Waals surface area contributed by atoms with Crippen LogP contribution in [0.25, 0.3) is 11.1 Å². The SMILES string of the molecule is Fc1cc(F)cc(Oc2ccc3c(C4CC4)noc3n2)c1. The molecule has 0 spiro atoms. The van der Waals surface area contributed by atoms with Crippen LogP contribution in [0.4, 0.5) is 8.78 Å². The van der Waals surface area contributed by atoms with E-state index in [-0.39, 0.29) is 11.6 Å². The molecule has 106 valence electrons. The van der Waals surface area contributed by atoms with Gasteiger partial charge in [-0.1, -0.05) is 5.16 Å². The normalized spacial score (nSPS) is 14.6. The number of nitrogens with zero attached hydrogens (tertiary/aromatic N) is 2. The minimum Gasteiger partial charge on any atom is -0.439 e. The summed E-state index contributed by atoms with van der Waals surface area (Å²) in [7, 11) is 0. The summed E-state index contributed by atoms with van der Waals surface area (Å²) in [5, 5.41) is 4.88. The van der Waals surface area contributed by atoms with Gasteiger partial charge in [-0.25, -0.2) is 8.78 Å². The molecule has 0 bridgehead atoms. The molecule has 21 heavy (non-hydrogen) atoms. The van der Waals surface area contributed by atoms with Crippen molar-refractivity contribution in [1.82, 2.24) is 10.1 Å². The van der Waals surface area contributed by atoms with E-state index < -0.39 is 11.6 Å². The van der Waals surface area contributed by atoms with Crippen molar-refractivity contribution in [1.29, 1.82) is 0 Å². The van der Waals surface area contributed by atoms with Crippen LogP contribution in [0, 0.1) is 11.6 Å². The van der Waals surface area contributed by atoms with Crippen molar-refractivity contribution in [3.63, 3.8) is 0 Å². The van der Waals surface area contributed by atoms with Gasteiger partial charge in [0.15, 0.2) is 0 Å². The highest BCUT2D eigenvalue weighted by Crippen LogP contribution is 2.42. The predicted molar refractivity (Wildman–Crippen MR) is 70.2 cm³/mol. The fourth-order valence-electron chi connectivity index (χ4n) is 2.25. The van der Waals surface area contributed by atoms with Gasteiger partial charge in [-0.2, -0.15) is 4.98 Å². The van der Waals surface area contributed by atoms with Gasteiger partial charge in [-0.05, 0) is 18.9 Å². The molecule has 0 saturated heterocycles. The van der Waals surface area contributed by atoms with Crippen molar-refractivity contribution in [2.45, 2.75) is 18.8 Å². The molecule has 4 nitrogen and oxygen atoms in total. The molecular weight excluding hydrogens is 278 g/mol. The molecular formula is C15H10F2N2O2. The first-order valence-corrected chi connectivity index (χ1v) is 6.59. The Bertz CT molecular complexity index is 807. The molecule has 0 atom stereocenters. The summed E-state index contributed by atoms with van der Waals surface area (Å²) >= 11 is 0. The third-order valence-corrected chi connectivity index (χ3v) is 3.36. The number of benzene rings is 1. The molecule has 1 aliphatic rings. The smallest absolute Gasteiger partial charge is 0.261 e. The Morgan fingerprint density at radius 1 is 1.10 bits per heavy atom. The molecule has 2 heterocycles. The Hall–Kier alpha value is -2.50. The van der Waals surface area contributed by atoms with Gasteiger partial charge in [0.1, 0.15) is 17.4 Å². The zero-order valence-electron chi connectivity index (χ0n) is 10.8. The van der Waals surface area contributed by atoms with Gasteiger partial charge in [0, 0.05) is 30.2 Å². The van der Waals surface area contributed by atoms with Crippen molar-refractivity contribution in [3.8, 4) is 11.6 Å². The molecule has 6 heteroatoms. The van der Waals surface area contributed by atoms with E-state index in [1.54, 1.807) is 12.1 Å². The molecule has 0 N–H and O–H groups in total. The number of aromatic nitrogens is 2. The van der Waals surface area contributed by atoms with Crippen LogP contribution in [0.2, 0.25) is 0 Å². The van der Waals surface area contributed by atoms with Gasteiger partial charge in [-0.3, -0.25) is 0 Å². The molecule has 3 aromatic rings. The fourth-order valence-corrected chi connectivity index (χ4v) is 2.25. The quantitative estimate of drug-likeness (QED) is 0.725. The maximum Gasteiger partial charge on any atom is 0.261 e. The van der Waals surface area contributed by atoms with Crippen LogP contribution < -0.4 is 4.74 Å². The lowest BCUT2D eigenvalue weighted by atomic mass is 10.2. The number of hydrogen-bond donors (Lipinski definition) is 0. The summed E-state index contributed by atoms with van der Waals surface area (Å²) in [6.45, 7) is 0. The number of hydrogen-bond acceptors (Lipinski definition) is 4. The van der Waals surface area contributed by atoms with Crippen LogP contribution in [0.15, 0.2) is 34.9 Å². The highest BCUT2D eigenvalue weighted by molar-refractivity contribution is 5.77. The second-order valence-corrected chi connectivity index (χ2v) is 5.05. The van der Waals surface area contributed by atoms with E-state index in [1.807, 2.05) is 0 Å². The van der Waals surface area contributed by atoms with Crippen LogP contribution in [-0.2, 0) is 0 Å². The van der Waals surface area contributed by atoms with E-state index >= 15 is 0 Å². The Kier molecular flexibility index (Phi) is 2.63. The molecule has 1 fully saturated rings. The van der Waals surface area contributed by atoms with Gasteiger partial charge in [0.05, 0.1) is 11.1 Å². The largest absolute Gasteiger partial charge is 0.439 e. The number of ether oxygens (including phenoxy) is 1. The summed E-state index contributed by atoms with van der Waals surface area (Å²) in [5.41, 5.74) is 1.28. The highest BCUT2D eigenvalue weighted by atomic mass is 19.1. The molecule has 0 unspecified atom stereocenters. The van der Waals surface area contributed by atoms with E-state index in [2.05, 4.69) is 10.1 Å². The average Bonchev–Trinajstić information content (AvgIpc) is 3.18. The van der Waals surface area contributed by atoms with Crippen LogP contribution in [0.3, 0.4) is 0 Å². The van der Waals surface area contributed by atoms with E-state index in [0.717, 1.165) is 42.1 Å². The third kappa shape index (κ3) is 2.33. The molecule has 1 aromatic carbocycles. The van der Waals surface area contributed by atoms with E-state index in [4.69, 9.17) is 9.26 Å². The number of fused-ring (bicyclic) bond motifs is 1. The van der Waals surface area contributed by atoms with E-state index in [1.165, 1.54) is 0 Å². The lowest BCUT2D eigenvalue weighted by Gasteiger charge is -2.04. The molecule has 0 radical (unpaired) electrons. The van der Waals surface area contributed by atoms with Crippen molar-refractivity contribution in [3.05, 3.63) is 47.7 Å².